The summed E-state index contributed by atoms with van der Waals surface area (Å²) >= 11 is 0. The maximum absolute atomic E-state index is 13.4. The summed E-state index contributed by atoms with van der Waals surface area (Å²) in [5, 5.41) is 2.97. The molecule has 0 bridgehead atoms. The van der Waals surface area contributed by atoms with Crippen LogP contribution in [-0.4, -0.2) is 47.8 Å². The molecule has 3 rings (SSSR count). The number of hydrogen-bond donors (Lipinski definition) is 1. The van der Waals surface area contributed by atoms with Crippen LogP contribution in [0.3, 0.4) is 0 Å². The SMILES string of the molecule is COC(=O)[C@](C)(Cc1ccccc1)NC(=O)[C@@H](C)N1[C@@H](c2ccccc2)COC1(C)C. The molecular weight excluding hydrogens is 392 g/mol. The summed E-state index contributed by atoms with van der Waals surface area (Å²) in [7, 11) is 1.34. The van der Waals surface area contributed by atoms with Crippen molar-refractivity contribution in [1.29, 1.82) is 0 Å². The Kier molecular flexibility index (Phi) is 6.82. The Balaban J connectivity index is 1.84. The maximum Gasteiger partial charge on any atom is 0.331 e. The number of ether oxygens (including phenoxy) is 2. The first kappa shape index (κ1) is 23.0. The second kappa shape index (κ2) is 9.20. The van der Waals surface area contributed by atoms with Gasteiger partial charge in [0, 0.05) is 6.42 Å². The highest BCUT2D eigenvalue weighted by atomic mass is 16.5. The fourth-order valence-corrected chi connectivity index (χ4v) is 4.38. The summed E-state index contributed by atoms with van der Waals surface area (Å²) in [6.07, 6.45) is 0.334. The third-order valence-electron chi connectivity index (χ3n) is 5.97. The lowest BCUT2D eigenvalue weighted by atomic mass is 9.92. The molecule has 1 amide bonds. The van der Waals surface area contributed by atoms with Gasteiger partial charge in [-0.3, -0.25) is 9.69 Å². The zero-order chi connectivity index (χ0) is 22.6. The van der Waals surface area contributed by atoms with Crippen molar-refractivity contribution >= 4 is 11.9 Å². The van der Waals surface area contributed by atoms with E-state index in [0.717, 1.165) is 11.1 Å². The number of carbonyl (C=O) groups is 2. The van der Waals surface area contributed by atoms with Gasteiger partial charge < -0.3 is 14.8 Å². The van der Waals surface area contributed by atoms with Gasteiger partial charge in [-0.25, -0.2) is 4.79 Å². The van der Waals surface area contributed by atoms with E-state index in [-0.39, 0.29) is 11.9 Å². The number of esters is 1. The molecule has 0 spiro atoms. The van der Waals surface area contributed by atoms with Gasteiger partial charge in [0.2, 0.25) is 5.91 Å². The number of methoxy groups -OCH3 is 1. The van der Waals surface area contributed by atoms with E-state index in [9.17, 15) is 9.59 Å². The molecule has 2 aromatic carbocycles. The second-order valence-electron chi connectivity index (χ2n) is 8.74. The van der Waals surface area contributed by atoms with Crippen LogP contribution in [0.25, 0.3) is 0 Å². The van der Waals surface area contributed by atoms with Crippen molar-refractivity contribution in [1.82, 2.24) is 10.2 Å². The van der Waals surface area contributed by atoms with Crippen LogP contribution < -0.4 is 5.32 Å². The molecule has 0 aromatic heterocycles. The van der Waals surface area contributed by atoms with Crippen molar-refractivity contribution in [2.45, 2.75) is 57.5 Å². The average Bonchev–Trinajstić information content (AvgIpc) is 3.08. The number of amides is 1. The summed E-state index contributed by atoms with van der Waals surface area (Å²) in [5.74, 6) is -0.725. The third-order valence-corrected chi connectivity index (χ3v) is 5.97. The van der Waals surface area contributed by atoms with E-state index in [1.807, 2.05) is 81.4 Å². The van der Waals surface area contributed by atoms with E-state index < -0.39 is 23.3 Å². The third kappa shape index (κ3) is 4.97. The van der Waals surface area contributed by atoms with Crippen LogP contribution in [0.2, 0.25) is 0 Å². The van der Waals surface area contributed by atoms with Gasteiger partial charge in [-0.1, -0.05) is 60.7 Å². The van der Waals surface area contributed by atoms with Gasteiger partial charge in [0.25, 0.3) is 0 Å². The van der Waals surface area contributed by atoms with Crippen LogP contribution in [0.4, 0.5) is 0 Å². The molecule has 0 saturated carbocycles. The van der Waals surface area contributed by atoms with Crippen LogP contribution >= 0.6 is 0 Å². The number of carbonyl (C=O) groups excluding carboxylic acids is 2. The Bertz CT molecular complexity index is 900. The number of benzene rings is 2. The van der Waals surface area contributed by atoms with Gasteiger partial charge in [0.15, 0.2) is 0 Å². The van der Waals surface area contributed by atoms with Gasteiger partial charge in [0.1, 0.15) is 11.3 Å². The quantitative estimate of drug-likeness (QED) is 0.690. The predicted molar refractivity (Wildman–Crippen MR) is 119 cm³/mol. The van der Waals surface area contributed by atoms with Crippen LogP contribution in [0.1, 0.15) is 44.9 Å². The largest absolute Gasteiger partial charge is 0.467 e. The van der Waals surface area contributed by atoms with Gasteiger partial charge in [0.05, 0.1) is 25.8 Å². The van der Waals surface area contributed by atoms with Crippen molar-refractivity contribution in [2.75, 3.05) is 13.7 Å². The Morgan fingerprint density at radius 2 is 1.74 bits per heavy atom. The van der Waals surface area contributed by atoms with E-state index in [4.69, 9.17) is 9.47 Å². The fraction of sp³-hybridized carbons (Fsp3) is 0.440. The zero-order valence-electron chi connectivity index (χ0n) is 18.9. The summed E-state index contributed by atoms with van der Waals surface area (Å²) < 4.78 is 11.1. The lowest BCUT2D eigenvalue weighted by Crippen LogP contribution is -2.60. The normalized spacial score (nSPS) is 21.1. The molecule has 1 N–H and O–H groups in total. The molecular formula is C25H32N2O4. The Morgan fingerprint density at radius 3 is 2.32 bits per heavy atom. The monoisotopic (exact) mass is 424 g/mol. The molecule has 1 saturated heterocycles. The highest BCUT2D eigenvalue weighted by molar-refractivity contribution is 5.90. The van der Waals surface area contributed by atoms with Crippen LogP contribution in [0.5, 0.6) is 0 Å². The average molecular weight is 425 g/mol. The second-order valence-corrected chi connectivity index (χ2v) is 8.74. The topological polar surface area (TPSA) is 67.9 Å². The number of nitrogens with one attached hydrogen (secondary N) is 1. The highest BCUT2D eigenvalue weighted by Crippen LogP contribution is 2.38. The van der Waals surface area contributed by atoms with Crippen molar-refractivity contribution in [2.24, 2.45) is 0 Å². The lowest BCUT2D eigenvalue weighted by molar-refractivity contribution is -0.152. The van der Waals surface area contributed by atoms with E-state index in [1.165, 1.54) is 7.11 Å². The first-order valence-electron chi connectivity index (χ1n) is 10.6. The standard InChI is InChI=1S/C25H32N2O4/c1-18(27-21(17-31-24(27,2)3)20-14-10-7-11-15-20)22(28)26-25(4,23(29)30-5)16-19-12-8-6-9-13-19/h6-15,18,21H,16-17H2,1-5H3,(H,26,28)/t18-,21-,25+/m1/s1. The summed E-state index contributed by atoms with van der Waals surface area (Å²) in [6, 6.07) is 19.0. The van der Waals surface area contributed by atoms with Gasteiger partial charge in [-0.2, -0.15) is 0 Å². The van der Waals surface area contributed by atoms with Crippen LogP contribution in [0, 0.1) is 0 Å². The van der Waals surface area contributed by atoms with E-state index in [2.05, 4.69) is 10.2 Å². The van der Waals surface area contributed by atoms with Crippen LogP contribution in [0.15, 0.2) is 60.7 Å². The summed E-state index contributed by atoms with van der Waals surface area (Å²) in [5.41, 5.74) is 0.218. The molecule has 1 heterocycles. The molecule has 1 aliphatic rings. The highest BCUT2D eigenvalue weighted by Gasteiger charge is 2.47. The smallest absolute Gasteiger partial charge is 0.331 e. The van der Waals surface area contributed by atoms with Gasteiger partial charge in [-0.15, -0.1) is 0 Å². The van der Waals surface area contributed by atoms with Gasteiger partial charge in [-0.05, 0) is 38.8 Å². The molecule has 6 nitrogen and oxygen atoms in total. The molecule has 2 aromatic rings. The fourth-order valence-electron chi connectivity index (χ4n) is 4.38. The van der Waals surface area contributed by atoms with Crippen LogP contribution in [-0.2, 0) is 25.5 Å². The molecule has 1 fully saturated rings. The van der Waals surface area contributed by atoms with Gasteiger partial charge >= 0.3 is 5.97 Å². The molecule has 0 aliphatic carbocycles. The minimum atomic E-state index is -1.19. The molecule has 1 aliphatic heterocycles. The molecule has 166 valence electrons. The van der Waals surface area contributed by atoms with E-state index >= 15 is 0 Å². The first-order chi connectivity index (χ1) is 14.7. The van der Waals surface area contributed by atoms with Crippen molar-refractivity contribution in [3.05, 3.63) is 71.8 Å². The molecule has 0 unspecified atom stereocenters. The minimum Gasteiger partial charge on any atom is -0.467 e. The molecule has 31 heavy (non-hydrogen) atoms. The number of nitrogens with zero attached hydrogens (tertiary/aromatic N) is 1. The Morgan fingerprint density at radius 1 is 1.16 bits per heavy atom. The van der Waals surface area contributed by atoms with Crippen molar-refractivity contribution < 1.29 is 19.1 Å². The summed E-state index contributed by atoms with van der Waals surface area (Å²) in [6.45, 7) is 7.97. The van der Waals surface area contributed by atoms with Crippen molar-refractivity contribution in [3.8, 4) is 0 Å². The number of rotatable bonds is 7. The Labute approximate surface area is 184 Å². The lowest BCUT2D eigenvalue weighted by Gasteiger charge is -2.39. The minimum absolute atomic E-state index is 0.0598. The molecule has 6 heteroatoms. The maximum atomic E-state index is 13.4. The summed E-state index contributed by atoms with van der Waals surface area (Å²) in [4.78, 5) is 28.1. The predicted octanol–water partition coefficient (Wildman–Crippen LogP) is 3.48. The van der Waals surface area contributed by atoms with Crippen molar-refractivity contribution in [3.63, 3.8) is 0 Å². The number of hydrogen-bond acceptors (Lipinski definition) is 5. The molecule has 0 radical (unpaired) electrons. The first-order valence-corrected chi connectivity index (χ1v) is 10.6. The Hall–Kier alpha value is -2.70. The molecule has 3 atom stereocenters. The zero-order valence-corrected chi connectivity index (χ0v) is 18.9. The van der Waals surface area contributed by atoms with E-state index in [0.29, 0.717) is 13.0 Å². The van der Waals surface area contributed by atoms with E-state index in [1.54, 1.807) is 6.92 Å².